The Bertz CT molecular complexity index is 839. The van der Waals surface area contributed by atoms with Crippen LogP contribution in [-0.2, 0) is 16.0 Å². The van der Waals surface area contributed by atoms with Crippen molar-refractivity contribution in [1.82, 2.24) is 4.90 Å². The topological polar surface area (TPSA) is 77.1 Å². The first-order chi connectivity index (χ1) is 13.4. The Morgan fingerprint density at radius 3 is 2.18 bits per heavy atom. The van der Waals surface area contributed by atoms with Gasteiger partial charge in [0.25, 0.3) is 0 Å². The summed E-state index contributed by atoms with van der Waals surface area (Å²) in [6.45, 7) is -0.0862. The van der Waals surface area contributed by atoms with Gasteiger partial charge in [0, 0.05) is 23.3 Å². The fraction of sp³-hybridized carbons (Fsp3) is 0.300. The number of hydrogen-bond acceptors (Lipinski definition) is 5. The van der Waals surface area contributed by atoms with Crippen LogP contribution in [0.4, 0.5) is 5.69 Å². The second kappa shape index (κ2) is 9.85. The lowest BCUT2D eigenvalue weighted by molar-refractivity contribution is -0.132. The van der Waals surface area contributed by atoms with Gasteiger partial charge in [-0.2, -0.15) is 0 Å². The van der Waals surface area contributed by atoms with Crippen molar-refractivity contribution in [3.63, 3.8) is 0 Å². The van der Waals surface area contributed by atoms with E-state index >= 15 is 0 Å². The van der Waals surface area contributed by atoms with Gasteiger partial charge >= 0.3 is 0 Å². The zero-order valence-electron chi connectivity index (χ0n) is 16.2. The van der Waals surface area contributed by atoms with E-state index in [0.29, 0.717) is 33.5 Å². The van der Waals surface area contributed by atoms with Crippen LogP contribution in [0.1, 0.15) is 5.56 Å². The number of anilines is 1. The summed E-state index contributed by atoms with van der Waals surface area (Å²) in [6.07, 6.45) is 0.0499. The highest BCUT2D eigenvalue weighted by atomic mass is 35.5. The molecule has 0 heterocycles. The molecule has 0 fully saturated rings. The minimum atomic E-state index is -0.308. The molecule has 0 radical (unpaired) electrons. The number of carbonyl (C=O) groups excluding carboxylic acids is 2. The van der Waals surface area contributed by atoms with Crippen LogP contribution in [0.25, 0.3) is 0 Å². The number of carbonyl (C=O) groups is 2. The van der Waals surface area contributed by atoms with E-state index < -0.39 is 0 Å². The number of amides is 2. The number of ether oxygens (including phenoxy) is 3. The van der Waals surface area contributed by atoms with Gasteiger partial charge in [0.15, 0.2) is 11.5 Å². The van der Waals surface area contributed by atoms with Crippen LogP contribution in [0.15, 0.2) is 36.4 Å². The van der Waals surface area contributed by atoms with Gasteiger partial charge in [0.05, 0.1) is 34.3 Å². The zero-order valence-corrected chi connectivity index (χ0v) is 17.0. The van der Waals surface area contributed by atoms with Crippen LogP contribution in [-0.4, -0.2) is 51.6 Å². The molecule has 28 heavy (non-hydrogen) atoms. The summed E-state index contributed by atoms with van der Waals surface area (Å²) in [5.74, 6) is 0.799. The standard InChI is InChI=1S/C20H23ClN2O5/c1-23(12-17(24)22-15-8-6-14(21)7-9-15)18(25)11-13-5-10-16(26-2)20(28-4)19(13)27-3/h5-10H,11-12H2,1-4H3,(H,22,24). The maximum Gasteiger partial charge on any atom is 0.243 e. The summed E-state index contributed by atoms with van der Waals surface area (Å²) in [5, 5.41) is 3.30. The lowest BCUT2D eigenvalue weighted by Gasteiger charge is -2.19. The second-order valence-electron chi connectivity index (χ2n) is 5.98. The van der Waals surface area contributed by atoms with Gasteiger partial charge in [-0.15, -0.1) is 0 Å². The highest BCUT2D eigenvalue weighted by Gasteiger charge is 2.20. The highest BCUT2D eigenvalue weighted by molar-refractivity contribution is 6.30. The molecule has 0 aliphatic heterocycles. The Labute approximate surface area is 169 Å². The third kappa shape index (κ3) is 5.29. The number of halogens is 1. The van der Waals surface area contributed by atoms with Gasteiger partial charge in [-0.1, -0.05) is 17.7 Å². The van der Waals surface area contributed by atoms with E-state index in [1.54, 1.807) is 43.4 Å². The molecule has 1 N–H and O–H groups in total. The summed E-state index contributed by atoms with van der Waals surface area (Å²) in [7, 11) is 6.08. The summed E-state index contributed by atoms with van der Waals surface area (Å²) in [6, 6.07) is 10.2. The number of likely N-dealkylation sites (N-methyl/N-ethyl adjacent to an activating group) is 1. The lowest BCUT2D eigenvalue weighted by Crippen LogP contribution is -2.35. The van der Waals surface area contributed by atoms with Crippen LogP contribution in [0.5, 0.6) is 17.2 Å². The quantitative estimate of drug-likeness (QED) is 0.729. The number of nitrogens with zero attached hydrogens (tertiary/aromatic N) is 1. The summed E-state index contributed by atoms with van der Waals surface area (Å²) in [5.41, 5.74) is 1.24. The maximum atomic E-state index is 12.6. The average Bonchev–Trinajstić information content (AvgIpc) is 2.68. The zero-order chi connectivity index (χ0) is 20.7. The van der Waals surface area contributed by atoms with Crippen molar-refractivity contribution in [2.75, 3.05) is 40.2 Å². The molecule has 0 aromatic heterocycles. The fourth-order valence-electron chi connectivity index (χ4n) is 2.64. The molecule has 0 aliphatic carbocycles. The molecule has 0 atom stereocenters. The minimum absolute atomic E-state index is 0.0499. The molecule has 0 unspecified atom stereocenters. The van der Waals surface area contributed by atoms with Crippen LogP contribution in [0, 0.1) is 0 Å². The Balaban J connectivity index is 2.03. The summed E-state index contributed by atoms with van der Waals surface area (Å²) < 4.78 is 16.0. The van der Waals surface area contributed by atoms with Gasteiger partial charge in [-0.3, -0.25) is 9.59 Å². The van der Waals surface area contributed by atoms with Crippen LogP contribution >= 0.6 is 11.6 Å². The summed E-state index contributed by atoms with van der Waals surface area (Å²) >= 11 is 5.82. The number of nitrogens with one attached hydrogen (secondary N) is 1. The Hall–Kier alpha value is -2.93. The van der Waals surface area contributed by atoms with E-state index in [-0.39, 0.29) is 24.8 Å². The molecule has 8 heteroatoms. The Kier molecular flexibility index (Phi) is 7.52. The third-order valence-corrected chi connectivity index (χ3v) is 4.31. The van der Waals surface area contributed by atoms with Crippen LogP contribution < -0.4 is 19.5 Å². The van der Waals surface area contributed by atoms with Gasteiger partial charge < -0.3 is 24.4 Å². The third-order valence-electron chi connectivity index (χ3n) is 4.06. The molecule has 0 spiro atoms. The van der Waals surface area contributed by atoms with Gasteiger partial charge in [-0.25, -0.2) is 0 Å². The molecule has 0 bridgehead atoms. The van der Waals surface area contributed by atoms with Gasteiger partial charge in [-0.05, 0) is 30.3 Å². The molecule has 2 amide bonds. The van der Waals surface area contributed by atoms with Gasteiger partial charge in [0.1, 0.15) is 0 Å². The minimum Gasteiger partial charge on any atom is -0.493 e. The van der Waals surface area contributed by atoms with E-state index in [0.717, 1.165) is 0 Å². The molecular weight excluding hydrogens is 384 g/mol. The number of rotatable bonds is 8. The molecule has 0 aliphatic rings. The van der Waals surface area contributed by atoms with E-state index in [2.05, 4.69) is 5.32 Å². The van der Waals surface area contributed by atoms with E-state index in [1.807, 2.05) is 0 Å². The normalized spacial score (nSPS) is 10.2. The first kappa shape index (κ1) is 21.4. The van der Waals surface area contributed by atoms with Crippen molar-refractivity contribution in [2.24, 2.45) is 0 Å². The lowest BCUT2D eigenvalue weighted by atomic mass is 10.1. The van der Waals surface area contributed by atoms with E-state index in [4.69, 9.17) is 25.8 Å². The largest absolute Gasteiger partial charge is 0.493 e. The first-order valence-electron chi connectivity index (χ1n) is 8.46. The van der Waals surface area contributed by atoms with Crippen molar-refractivity contribution in [1.29, 1.82) is 0 Å². The van der Waals surface area contributed by atoms with Crippen LogP contribution in [0.2, 0.25) is 5.02 Å². The monoisotopic (exact) mass is 406 g/mol. The molecule has 2 rings (SSSR count). The molecule has 0 saturated carbocycles. The van der Waals surface area contributed by atoms with Crippen molar-refractivity contribution >= 4 is 29.1 Å². The van der Waals surface area contributed by atoms with Crippen molar-refractivity contribution < 1.29 is 23.8 Å². The molecule has 0 saturated heterocycles. The Morgan fingerprint density at radius 1 is 0.964 bits per heavy atom. The Morgan fingerprint density at radius 2 is 1.61 bits per heavy atom. The van der Waals surface area contributed by atoms with E-state index in [1.165, 1.54) is 26.2 Å². The smallest absolute Gasteiger partial charge is 0.243 e. The summed E-state index contributed by atoms with van der Waals surface area (Å²) in [4.78, 5) is 26.1. The second-order valence-corrected chi connectivity index (χ2v) is 6.41. The van der Waals surface area contributed by atoms with Crippen molar-refractivity contribution in [3.05, 3.63) is 47.0 Å². The first-order valence-corrected chi connectivity index (χ1v) is 8.84. The maximum absolute atomic E-state index is 12.6. The molecular formula is C20H23ClN2O5. The van der Waals surface area contributed by atoms with E-state index in [9.17, 15) is 9.59 Å². The molecule has 150 valence electrons. The average molecular weight is 407 g/mol. The predicted molar refractivity (Wildman–Crippen MR) is 108 cm³/mol. The van der Waals surface area contributed by atoms with Gasteiger partial charge in [0.2, 0.25) is 17.6 Å². The SMILES string of the molecule is COc1ccc(CC(=O)N(C)CC(=O)Nc2ccc(Cl)cc2)c(OC)c1OC. The number of hydrogen-bond donors (Lipinski definition) is 1. The molecule has 7 nitrogen and oxygen atoms in total. The van der Waals surface area contributed by atoms with Crippen LogP contribution in [0.3, 0.4) is 0 Å². The predicted octanol–water partition coefficient (Wildman–Crippen LogP) is 3.01. The molecule has 2 aromatic rings. The highest BCUT2D eigenvalue weighted by Crippen LogP contribution is 2.39. The van der Waals surface area contributed by atoms with Crippen molar-refractivity contribution in [3.8, 4) is 17.2 Å². The van der Waals surface area contributed by atoms with Crippen molar-refractivity contribution in [2.45, 2.75) is 6.42 Å². The number of benzene rings is 2. The fourth-order valence-corrected chi connectivity index (χ4v) is 2.76. The molecule has 2 aromatic carbocycles. The number of methoxy groups -OCH3 is 3.